The second-order valence-corrected chi connectivity index (χ2v) is 5.50. The number of carbonyl (C=O) groups is 3. The van der Waals surface area contributed by atoms with Crippen LogP contribution >= 0.6 is 0 Å². The zero-order valence-corrected chi connectivity index (χ0v) is 14.6. The maximum Gasteiger partial charge on any atom is 0.337 e. The summed E-state index contributed by atoms with van der Waals surface area (Å²) in [6.07, 6.45) is 0. The van der Waals surface area contributed by atoms with Gasteiger partial charge in [-0.1, -0.05) is 17.7 Å². The molecular weight excluding hydrogens is 336 g/mol. The highest BCUT2D eigenvalue weighted by Crippen LogP contribution is 2.11. The quantitative estimate of drug-likeness (QED) is 0.739. The van der Waals surface area contributed by atoms with Gasteiger partial charge in [0.25, 0.3) is 5.91 Å². The number of amides is 2. The number of hydrogen-bond donors (Lipinski definition) is 2. The first kappa shape index (κ1) is 19.0. The molecule has 0 heterocycles. The van der Waals surface area contributed by atoms with Crippen LogP contribution in [0.2, 0.25) is 0 Å². The van der Waals surface area contributed by atoms with E-state index in [9.17, 15) is 14.4 Å². The van der Waals surface area contributed by atoms with Crippen LogP contribution in [0.5, 0.6) is 5.75 Å². The predicted molar refractivity (Wildman–Crippen MR) is 96.1 cm³/mol. The first-order chi connectivity index (χ1) is 12.5. The number of nitrogens with one attached hydrogen (secondary N) is 2. The van der Waals surface area contributed by atoms with Gasteiger partial charge in [0.15, 0.2) is 6.61 Å². The molecule has 0 saturated carbocycles. The van der Waals surface area contributed by atoms with Crippen molar-refractivity contribution >= 4 is 23.5 Å². The Morgan fingerprint density at radius 2 is 1.58 bits per heavy atom. The average Bonchev–Trinajstić information content (AvgIpc) is 2.66. The molecule has 0 aromatic heterocycles. The molecule has 0 spiro atoms. The van der Waals surface area contributed by atoms with Crippen LogP contribution in [0.25, 0.3) is 0 Å². The largest absolute Gasteiger partial charge is 0.484 e. The Morgan fingerprint density at radius 3 is 2.19 bits per heavy atom. The van der Waals surface area contributed by atoms with E-state index in [4.69, 9.17) is 4.74 Å². The van der Waals surface area contributed by atoms with Crippen LogP contribution in [0, 0.1) is 6.92 Å². The smallest absolute Gasteiger partial charge is 0.337 e. The Morgan fingerprint density at radius 1 is 0.923 bits per heavy atom. The number of carbonyl (C=O) groups excluding carboxylic acids is 3. The fraction of sp³-hybridized carbons (Fsp3) is 0.211. The lowest BCUT2D eigenvalue weighted by molar-refractivity contribution is -0.125. The molecule has 0 aliphatic heterocycles. The predicted octanol–water partition coefficient (Wildman–Crippen LogP) is 1.92. The van der Waals surface area contributed by atoms with Gasteiger partial charge in [-0.2, -0.15) is 0 Å². The van der Waals surface area contributed by atoms with Crippen molar-refractivity contribution in [1.82, 2.24) is 5.32 Å². The molecule has 0 aliphatic rings. The van der Waals surface area contributed by atoms with Crippen LogP contribution < -0.4 is 15.4 Å². The van der Waals surface area contributed by atoms with Crippen LogP contribution in [-0.2, 0) is 14.3 Å². The standard InChI is InChI=1S/C19H20N2O5/c1-13-3-9-16(10-4-13)26-12-18(23)20-11-17(22)21-15-7-5-14(6-8-15)19(24)25-2/h3-10H,11-12H2,1-2H3,(H,20,23)(H,21,22). The first-order valence-electron chi connectivity index (χ1n) is 7.92. The van der Waals surface area contributed by atoms with Crippen LogP contribution in [0.3, 0.4) is 0 Å². The summed E-state index contributed by atoms with van der Waals surface area (Å²) in [6, 6.07) is 13.5. The van der Waals surface area contributed by atoms with E-state index in [1.54, 1.807) is 24.3 Å². The third-order valence-electron chi connectivity index (χ3n) is 3.43. The molecule has 0 saturated heterocycles. The molecule has 0 fully saturated rings. The Bertz CT molecular complexity index is 770. The van der Waals surface area contributed by atoms with Gasteiger partial charge in [0.2, 0.25) is 5.91 Å². The fourth-order valence-corrected chi connectivity index (χ4v) is 2.03. The molecule has 26 heavy (non-hydrogen) atoms. The summed E-state index contributed by atoms with van der Waals surface area (Å²) in [5, 5.41) is 5.09. The molecule has 2 aromatic carbocycles. The van der Waals surface area contributed by atoms with Gasteiger partial charge < -0.3 is 20.1 Å². The van der Waals surface area contributed by atoms with Crippen molar-refractivity contribution < 1.29 is 23.9 Å². The number of ether oxygens (including phenoxy) is 2. The Labute approximate surface area is 151 Å². The molecule has 2 rings (SSSR count). The van der Waals surface area contributed by atoms with Gasteiger partial charge in [0, 0.05) is 5.69 Å². The van der Waals surface area contributed by atoms with E-state index in [-0.39, 0.29) is 19.1 Å². The molecule has 2 aromatic rings. The number of benzene rings is 2. The zero-order chi connectivity index (χ0) is 18.9. The normalized spacial score (nSPS) is 9.92. The summed E-state index contributed by atoms with van der Waals surface area (Å²) in [7, 11) is 1.29. The van der Waals surface area contributed by atoms with Crippen molar-refractivity contribution in [3.63, 3.8) is 0 Å². The highest BCUT2D eigenvalue weighted by atomic mass is 16.5. The molecule has 0 atom stereocenters. The minimum absolute atomic E-state index is 0.176. The van der Waals surface area contributed by atoms with E-state index in [2.05, 4.69) is 15.4 Å². The Balaban J connectivity index is 1.73. The van der Waals surface area contributed by atoms with E-state index in [0.717, 1.165) is 5.56 Å². The van der Waals surface area contributed by atoms with E-state index in [1.807, 2.05) is 19.1 Å². The second kappa shape index (κ2) is 9.22. The third kappa shape index (κ3) is 5.94. The van der Waals surface area contributed by atoms with Crippen molar-refractivity contribution in [3.05, 3.63) is 59.7 Å². The lowest BCUT2D eigenvalue weighted by Gasteiger charge is -2.09. The summed E-state index contributed by atoms with van der Waals surface area (Å²) in [6.45, 7) is 1.59. The summed E-state index contributed by atoms with van der Waals surface area (Å²) >= 11 is 0. The average molecular weight is 356 g/mol. The molecule has 0 bridgehead atoms. The SMILES string of the molecule is COC(=O)c1ccc(NC(=O)CNC(=O)COc2ccc(C)cc2)cc1. The van der Waals surface area contributed by atoms with Crippen molar-refractivity contribution in [3.8, 4) is 5.75 Å². The first-order valence-corrected chi connectivity index (χ1v) is 7.92. The molecule has 0 aliphatic carbocycles. The molecule has 0 radical (unpaired) electrons. The van der Waals surface area contributed by atoms with E-state index < -0.39 is 11.9 Å². The monoisotopic (exact) mass is 356 g/mol. The summed E-state index contributed by atoms with van der Waals surface area (Å²) in [4.78, 5) is 34.9. The summed E-state index contributed by atoms with van der Waals surface area (Å²) in [5.74, 6) is -0.661. The lowest BCUT2D eigenvalue weighted by Crippen LogP contribution is -2.35. The van der Waals surface area contributed by atoms with Gasteiger partial charge in [-0.15, -0.1) is 0 Å². The van der Waals surface area contributed by atoms with Gasteiger partial charge in [0.05, 0.1) is 19.2 Å². The van der Waals surface area contributed by atoms with Gasteiger partial charge >= 0.3 is 5.97 Å². The van der Waals surface area contributed by atoms with Crippen molar-refractivity contribution in [2.24, 2.45) is 0 Å². The van der Waals surface area contributed by atoms with Crippen LogP contribution in [0.1, 0.15) is 15.9 Å². The third-order valence-corrected chi connectivity index (χ3v) is 3.43. The molecule has 7 nitrogen and oxygen atoms in total. The number of esters is 1. The Kier molecular flexibility index (Phi) is 6.73. The van der Waals surface area contributed by atoms with Gasteiger partial charge in [-0.25, -0.2) is 4.79 Å². The number of rotatable bonds is 7. The van der Waals surface area contributed by atoms with Gasteiger partial charge in [0.1, 0.15) is 5.75 Å². The van der Waals surface area contributed by atoms with E-state index in [1.165, 1.54) is 19.2 Å². The van der Waals surface area contributed by atoms with E-state index in [0.29, 0.717) is 17.0 Å². The Hall–Kier alpha value is -3.35. The van der Waals surface area contributed by atoms with E-state index >= 15 is 0 Å². The number of anilines is 1. The summed E-state index contributed by atoms with van der Waals surface area (Å²) in [5.41, 5.74) is 1.98. The minimum Gasteiger partial charge on any atom is -0.484 e. The molecule has 7 heteroatoms. The molecule has 2 amide bonds. The van der Waals surface area contributed by atoms with Crippen LogP contribution in [0.4, 0.5) is 5.69 Å². The van der Waals surface area contributed by atoms with Crippen LogP contribution in [-0.4, -0.2) is 38.0 Å². The number of hydrogen-bond acceptors (Lipinski definition) is 5. The van der Waals surface area contributed by atoms with Crippen LogP contribution in [0.15, 0.2) is 48.5 Å². The number of methoxy groups -OCH3 is 1. The second-order valence-electron chi connectivity index (χ2n) is 5.50. The van der Waals surface area contributed by atoms with Crippen molar-refractivity contribution in [1.29, 1.82) is 0 Å². The van der Waals surface area contributed by atoms with Crippen molar-refractivity contribution in [2.45, 2.75) is 6.92 Å². The highest BCUT2D eigenvalue weighted by molar-refractivity contribution is 5.95. The van der Waals surface area contributed by atoms with Crippen molar-refractivity contribution in [2.75, 3.05) is 25.6 Å². The summed E-state index contributed by atoms with van der Waals surface area (Å²) < 4.78 is 9.93. The minimum atomic E-state index is -0.455. The maximum atomic E-state index is 11.8. The maximum absolute atomic E-state index is 11.8. The fourth-order valence-electron chi connectivity index (χ4n) is 2.03. The zero-order valence-electron chi connectivity index (χ0n) is 14.6. The highest BCUT2D eigenvalue weighted by Gasteiger charge is 2.08. The molecule has 136 valence electrons. The number of aryl methyl sites for hydroxylation is 1. The topological polar surface area (TPSA) is 93.7 Å². The lowest BCUT2D eigenvalue weighted by atomic mass is 10.2. The molecular formula is C19H20N2O5. The van der Waals surface area contributed by atoms with Gasteiger partial charge in [-0.3, -0.25) is 9.59 Å². The van der Waals surface area contributed by atoms with Gasteiger partial charge in [-0.05, 0) is 43.3 Å². The molecule has 0 unspecified atom stereocenters. The molecule has 2 N–H and O–H groups in total.